The quantitative estimate of drug-likeness (QED) is 0.581. The Morgan fingerprint density at radius 2 is 2.10 bits per heavy atom. The van der Waals surface area contributed by atoms with Gasteiger partial charge in [0.15, 0.2) is 11.5 Å². The van der Waals surface area contributed by atoms with Gasteiger partial charge in [-0.3, -0.25) is 4.40 Å². The van der Waals surface area contributed by atoms with E-state index in [9.17, 15) is 0 Å². The molecule has 7 heteroatoms. The van der Waals surface area contributed by atoms with Gasteiger partial charge in [-0.2, -0.15) is 0 Å². The first-order valence-corrected chi connectivity index (χ1v) is 10.8. The van der Waals surface area contributed by atoms with E-state index < -0.39 is 8.07 Å². The summed E-state index contributed by atoms with van der Waals surface area (Å²) in [6, 6.07) is 3.17. The molecule has 0 aliphatic carbocycles. The molecule has 0 atom stereocenters. The molecule has 0 fully saturated rings. The molecule has 3 aromatic heterocycles. The van der Waals surface area contributed by atoms with E-state index in [-0.39, 0.29) is 0 Å². The molecule has 3 rings (SSSR count). The second-order valence-electron chi connectivity index (χ2n) is 6.49. The van der Waals surface area contributed by atoms with Crippen LogP contribution in [0.5, 0.6) is 0 Å². The van der Waals surface area contributed by atoms with Crippen molar-refractivity contribution in [2.75, 3.05) is 12.3 Å². The average molecular weight is 303 g/mol. The van der Waals surface area contributed by atoms with Crippen LogP contribution in [-0.4, -0.2) is 33.6 Å². The Labute approximate surface area is 124 Å². The van der Waals surface area contributed by atoms with Gasteiger partial charge >= 0.3 is 0 Å². The van der Waals surface area contributed by atoms with Crippen molar-refractivity contribution in [2.45, 2.75) is 32.4 Å². The molecule has 21 heavy (non-hydrogen) atoms. The lowest BCUT2D eigenvalue weighted by molar-refractivity contribution is 0.0899. The van der Waals surface area contributed by atoms with Crippen molar-refractivity contribution in [3.8, 4) is 0 Å². The Bertz CT molecular complexity index is 771. The van der Waals surface area contributed by atoms with Gasteiger partial charge in [-0.25, -0.2) is 9.97 Å². The maximum absolute atomic E-state index is 5.99. The predicted molar refractivity (Wildman–Crippen MR) is 87.0 cm³/mol. The van der Waals surface area contributed by atoms with Crippen molar-refractivity contribution in [2.24, 2.45) is 0 Å². The normalized spacial score (nSPS) is 12.5. The number of hydrogen-bond acceptors (Lipinski definition) is 4. The molecule has 0 saturated carbocycles. The molecular weight excluding hydrogens is 282 g/mol. The van der Waals surface area contributed by atoms with Crippen molar-refractivity contribution in [3.63, 3.8) is 0 Å². The highest BCUT2D eigenvalue weighted by atomic mass is 28.3. The Kier molecular flexibility index (Phi) is 3.46. The molecule has 2 N–H and O–H groups in total. The number of nitrogens with zero attached hydrogens (tertiary/aromatic N) is 4. The number of nitrogen functional groups attached to an aromatic ring is 1. The SMILES string of the molecule is C[Si](C)(C)CCOCn1ccc2c1nc(N)c1cncn12. The van der Waals surface area contributed by atoms with Crippen molar-refractivity contribution < 1.29 is 4.74 Å². The molecule has 0 unspecified atom stereocenters. The van der Waals surface area contributed by atoms with Gasteiger partial charge < -0.3 is 15.0 Å². The number of anilines is 1. The third-order valence-corrected chi connectivity index (χ3v) is 5.23. The van der Waals surface area contributed by atoms with Crippen molar-refractivity contribution in [3.05, 3.63) is 24.8 Å². The summed E-state index contributed by atoms with van der Waals surface area (Å²) < 4.78 is 9.72. The molecule has 0 saturated heterocycles. The van der Waals surface area contributed by atoms with E-state index in [0.717, 1.165) is 29.3 Å². The standard InChI is InChI=1S/C14H21N5OSi/c1-21(2,3)7-6-20-10-18-5-4-11-14(18)17-13(15)12-8-16-9-19(11)12/h4-5,8-9H,6-7,10H2,1-3H3,(H2,15,17). The second-order valence-corrected chi connectivity index (χ2v) is 12.1. The summed E-state index contributed by atoms with van der Waals surface area (Å²) >= 11 is 0. The minimum absolute atomic E-state index is 0.488. The number of nitrogens with two attached hydrogens (primary N) is 1. The van der Waals surface area contributed by atoms with E-state index in [4.69, 9.17) is 10.5 Å². The lowest BCUT2D eigenvalue weighted by Gasteiger charge is -2.15. The van der Waals surface area contributed by atoms with Crippen LogP contribution in [-0.2, 0) is 11.5 Å². The molecule has 0 spiro atoms. The highest BCUT2D eigenvalue weighted by Gasteiger charge is 2.13. The Balaban J connectivity index is 1.82. The third-order valence-electron chi connectivity index (χ3n) is 3.53. The highest BCUT2D eigenvalue weighted by Crippen LogP contribution is 2.20. The van der Waals surface area contributed by atoms with Crippen LogP contribution in [0.25, 0.3) is 16.7 Å². The Morgan fingerprint density at radius 3 is 2.86 bits per heavy atom. The van der Waals surface area contributed by atoms with E-state index in [0.29, 0.717) is 12.5 Å². The molecule has 3 heterocycles. The molecule has 0 aliphatic rings. The lowest BCUT2D eigenvalue weighted by Crippen LogP contribution is -2.22. The number of ether oxygens (including phenoxy) is 1. The van der Waals surface area contributed by atoms with Crippen LogP contribution in [0.15, 0.2) is 24.8 Å². The zero-order chi connectivity index (χ0) is 15.0. The van der Waals surface area contributed by atoms with Crippen molar-refractivity contribution >= 4 is 30.6 Å². The summed E-state index contributed by atoms with van der Waals surface area (Å²) in [4.78, 5) is 8.60. The van der Waals surface area contributed by atoms with Gasteiger partial charge in [0.25, 0.3) is 0 Å². The summed E-state index contributed by atoms with van der Waals surface area (Å²) in [6.07, 6.45) is 5.46. The van der Waals surface area contributed by atoms with E-state index >= 15 is 0 Å². The maximum atomic E-state index is 5.99. The topological polar surface area (TPSA) is 70.4 Å². The van der Waals surface area contributed by atoms with E-state index in [1.807, 2.05) is 21.2 Å². The summed E-state index contributed by atoms with van der Waals surface area (Å²) in [7, 11) is -1.05. The van der Waals surface area contributed by atoms with E-state index in [2.05, 4.69) is 29.6 Å². The first kappa shape index (κ1) is 14.1. The zero-order valence-electron chi connectivity index (χ0n) is 12.7. The van der Waals surface area contributed by atoms with Gasteiger partial charge in [0.1, 0.15) is 12.2 Å². The van der Waals surface area contributed by atoms with Crippen LogP contribution in [0, 0.1) is 0 Å². The minimum Gasteiger partial charge on any atom is -0.382 e. The molecule has 112 valence electrons. The van der Waals surface area contributed by atoms with Gasteiger partial charge in [-0.15, -0.1) is 0 Å². The summed E-state index contributed by atoms with van der Waals surface area (Å²) in [5.74, 6) is 0.488. The molecular formula is C14H21N5OSi. The van der Waals surface area contributed by atoms with Gasteiger partial charge in [0.2, 0.25) is 0 Å². The monoisotopic (exact) mass is 303 g/mol. The minimum atomic E-state index is -1.05. The number of hydrogen-bond donors (Lipinski definition) is 1. The molecule has 0 aliphatic heterocycles. The number of fused-ring (bicyclic) bond motifs is 3. The van der Waals surface area contributed by atoms with E-state index in [1.54, 1.807) is 12.5 Å². The lowest BCUT2D eigenvalue weighted by atomic mass is 10.4. The fourth-order valence-electron chi connectivity index (χ4n) is 2.26. The summed E-state index contributed by atoms with van der Waals surface area (Å²) in [5.41, 5.74) is 8.64. The van der Waals surface area contributed by atoms with Crippen molar-refractivity contribution in [1.29, 1.82) is 0 Å². The fraction of sp³-hybridized carbons (Fsp3) is 0.429. The first-order valence-electron chi connectivity index (χ1n) is 7.10. The third kappa shape index (κ3) is 2.79. The smallest absolute Gasteiger partial charge is 0.161 e. The maximum Gasteiger partial charge on any atom is 0.161 e. The van der Waals surface area contributed by atoms with Crippen LogP contribution in [0.1, 0.15) is 0 Å². The van der Waals surface area contributed by atoms with Gasteiger partial charge in [-0.1, -0.05) is 19.6 Å². The van der Waals surface area contributed by atoms with E-state index in [1.165, 1.54) is 0 Å². The number of imidazole rings is 1. The average Bonchev–Trinajstić information content (AvgIpc) is 3.00. The first-order chi connectivity index (χ1) is 9.96. The summed E-state index contributed by atoms with van der Waals surface area (Å²) in [5, 5.41) is 0. The molecule has 0 radical (unpaired) electrons. The number of rotatable bonds is 5. The van der Waals surface area contributed by atoms with Crippen LogP contribution in [0.4, 0.5) is 5.82 Å². The van der Waals surface area contributed by atoms with Crippen LogP contribution in [0.2, 0.25) is 25.7 Å². The molecule has 3 aromatic rings. The van der Waals surface area contributed by atoms with Crippen LogP contribution < -0.4 is 5.73 Å². The molecule has 0 bridgehead atoms. The molecule has 6 nitrogen and oxygen atoms in total. The summed E-state index contributed by atoms with van der Waals surface area (Å²) in [6.45, 7) is 8.33. The number of aromatic nitrogens is 4. The fourth-order valence-corrected chi connectivity index (χ4v) is 3.01. The largest absolute Gasteiger partial charge is 0.382 e. The predicted octanol–water partition coefficient (Wildman–Crippen LogP) is 2.58. The van der Waals surface area contributed by atoms with Crippen molar-refractivity contribution in [1.82, 2.24) is 18.9 Å². The second kappa shape index (κ2) is 5.16. The van der Waals surface area contributed by atoms with Gasteiger partial charge in [0, 0.05) is 20.9 Å². The highest BCUT2D eigenvalue weighted by molar-refractivity contribution is 6.76. The van der Waals surface area contributed by atoms with Crippen LogP contribution >= 0.6 is 0 Å². The van der Waals surface area contributed by atoms with Gasteiger partial charge in [0.05, 0.1) is 18.0 Å². The van der Waals surface area contributed by atoms with Gasteiger partial charge in [-0.05, 0) is 12.1 Å². The zero-order valence-corrected chi connectivity index (χ0v) is 13.7. The Morgan fingerprint density at radius 1 is 1.29 bits per heavy atom. The Hall–Kier alpha value is -1.86. The van der Waals surface area contributed by atoms with Crippen LogP contribution in [0.3, 0.4) is 0 Å². The molecule has 0 amide bonds. The molecule has 0 aromatic carbocycles.